The van der Waals surface area contributed by atoms with E-state index in [2.05, 4.69) is 9.71 Å². The molecule has 144 valence electrons. The molecule has 0 aliphatic rings. The van der Waals surface area contributed by atoms with Gasteiger partial charge in [-0.25, -0.2) is 18.1 Å². The molecule has 1 aromatic heterocycles. The molecule has 0 saturated heterocycles. The van der Waals surface area contributed by atoms with Crippen LogP contribution in [0.2, 0.25) is 0 Å². The zero-order valence-corrected chi connectivity index (χ0v) is 16.9. The third-order valence-electron chi connectivity index (χ3n) is 4.35. The summed E-state index contributed by atoms with van der Waals surface area (Å²) in [5.74, 6) is -0.398. The molecule has 7 nitrogen and oxygen atoms in total. The maximum Gasteiger partial charge on any atom is 0.242 e. The monoisotopic (exact) mass is 414 g/mol. The molecule has 3 aromatic rings. The van der Waals surface area contributed by atoms with Crippen LogP contribution in [0, 0.1) is 11.3 Å². The second-order valence-corrected chi connectivity index (χ2v) is 8.93. The van der Waals surface area contributed by atoms with Crippen molar-refractivity contribution in [3.8, 4) is 6.07 Å². The van der Waals surface area contributed by atoms with Crippen molar-refractivity contribution in [1.29, 1.82) is 5.26 Å². The predicted molar refractivity (Wildman–Crippen MR) is 107 cm³/mol. The first-order valence-electron chi connectivity index (χ1n) is 8.43. The molecule has 9 heteroatoms. The molecule has 1 heterocycles. The van der Waals surface area contributed by atoms with Crippen molar-refractivity contribution in [2.75, 3.05) is 13.6 Å². The summed E-state index contributed by atoms with van der Waals surface area (Å²) >= 11 is 1.50. The van der Waals surface area contributed by atoms with Gasteiger partial charge in [-0.1, -0.05) is 24.3 Å². The van der Waals surface area contributed by atoms with Crippen molar-refractivity contribution in [2.45, 2.75) is 17.9 Å². The molecule has 0 saturated carbocycles. The van der Waals surface area contributed by atoms with E-state index in [-0.39, 0.29) is 16.5 Å². The van der Waals surface area contributed by atoms with Gasteiger partial charge in [0, 0.05) is 7.05 Å². The number of benzene rings is 2. The Kier molecular flexibility index (Phi) is 5.74. The van der Waals surface area contributed by atoms with Crippen LogP contribution in [0.15, 0.2) is 53.4 Å². The summed E-state index contributed by atoms with van der Waals surface area (Å²) in [5, 5.41) is 9.86. The fourth-order valence-electron chi connectivity index (χ4n) is 2.60. The first-order valence-corrected chi connectivity index (χ1v) is 10.7. The van der Waals surface area contributed by atoms with Gasteiger partial charge in [0.15, 0.2) is 0 Å². The molecule has 3 rings (SSSR count). The molecule has 2 aromatic carbocycles. The number of nitrogens with zero attached hydrogens (tertiary/aromatic N) is 3. The number of likely N-dealkylation sites (N-methyl/N-ethyl adjacent to an activating group) is 1. The lowest BCUT2D eigenvalue weighted by Gasteiger charge is -2.23. The van der Waals surface area contributed by atoms with Crippen LogP contribution in [0.1, 0.15) is 23.5 Å². The number of carbonyl (C=O) groups excluding carboxylic acids is 1. The highest BCUT2D eigenvalue weighted by Gasteiger charge is 2.24. The van der Waals surface area contributed by atoms with Crippen molar-refractivity contribution in [2.24, 2.45) is 0 Å². The molecule has 28 heavy (non-hydrogen) atoms. The van der Waals surface area contributed by atoms with Crippen LogP contribution in [-0.2, 0) is 14.8 Å². The van der Waals surface area contributed by atoms with Crippen molar-refractivity contribution in [1.82, 2.24) is 14.6 Å². The molecule has 0 radical (unpaired) electrons. The van der Waals surface area contributed by atoms with Gasteiger partial charge in [-0.3, -0.25) is 4.79 Å². The number of aromatic nitrogens is 1. The summed E-state index contributed by atoms with van der Waals surface area (Å²) in [6, 6.07) is 15.1. The molecule has 0 spiro atoms. The number of amides is 1. The van der Waals surface area contributed by atoms with E-state index in [1.165, 1.54) is 34.4 Å². The van der Waals surface area contributed by atoms with Gasteiger partial charge in [0.05, 0.1) is 33.3 Å². The van der Waals surface area contributed by atoms with Gasteiger partial charge in [0.25, 0.3) is 0 Å². The molecule has 0 aliphatic heterocycles. The van der Waals surface area contributed by atoms with E-state index in [0.717, 1.165) is 15.2 Å². The number of fused-ring (bicyclic) bond motifs is 1. The van der Waals surface area contributed by atoms with E-state index in [9.17, 15) is 13.2 Å². The highest BCUT2D eigenvalue weighted by molar-refractivity contribution is 7.89. The largest absolute Gasteiger partial charge is 0.335 e. The van der Waals surface area contributed by atoms with Gasteiger partial charge < -0.3 is 4.90 Å². The maximum atomic E-state index is 12.5. The summed E-state index contributed by atoms with van der Waals surface area (Å²) in [6.45, 7) is 1.43. The average Bonchev–Trinajstić information content (AvgIpc) is 3.15. The highest BCUT2D eigenvalue weighted by Crippen LogP contribution is 2.28. The van der Waals surface area contributed by atoms with Crippen molar-refractivity contribution >= 4 is 37.5 Å². The highest BCUT2D eigenvalue weighted by atomic mass is 32.2. The van der Waals surface area contributed by atoms with E-state index in [0.29, 0.717) is 0 Å². The molecule has 1 amide bonds. The quantitative estimate of drug-likeness (QED) is 0.668. The van der Waals surface area contributed by atoms with Gasteiger partial charge >= 0.3 is 0 Å². The standard InChI is InChI=1S/C19H18N4O3S2/c1-13(19-22-15-8-4-5-9-16(15)27-19)23(2)18(24)12-21-28(25,26)17-10-6-3-7-14(17)11-20/h3-10,13,21H,12H2,1-2H3/t13-/m0/s1. The predicted octanol–water partition coefficient (Wildman–Crippen LogP) is 2.67. The second kappa shape index (κ2) is 8.06. The summed E-state index contributed by atoms with van der Waals surface area (Å²) < 4.78 is 28.2. The van der Waals surface area contributed by atoms with Crippen LogP contribution < -0.4 is 4.72 Å². The SMILES string of the molecule is C[C@@H](c1nc2ccccc2s1)N(C)C(=O)CNS(=O)(=O)c1ccccc1C#N. The Morgan fingerprint density at radius 1 is 1.25 bits per heavy atom. The Bertz CT molecular complexity index is 1130. The van der Waals surface area contributed by atoms with E-state index in [4.69, 9.17) is 5.26 Å². The molecule has 1 N–H and O–H groups in total. The molecular weight excluding hydrogens is 396 g/mol. The van der Waals surface area contributed by atoms with Crippen LogP contribution in [0.4, 0.5) is 0 Å². The van der Waals surface area contributed by atoms with Crippen LogP contribution in [0.3, 0.4) is 0 Å². The Morgan fingerprint density at radius 3 is 2.64 bits per heavy atom. The number of sulfonamides is 1. The van der Waals surface area contributed by atoms with Crippen molar-refractivity contribution < 1.29 is 13.2 Å². The summed E-state index contributed by atoms with van der Waals surface area (Å²) in [5.41, 5.74) is 0.891. The maximum absolute atomic E-state index is 12.5. The van der Waals surface area contributed by atoms with Gasteiger partial charge in [-0.2, -0.15) is 5.26 Å². The third kappa shape index (κ3) is 4.04. The fourth-order valence-corrected chi connectivity index (χ4v) is 4.80. The van der Waals surface area contributed by atoms with Crippen molar-refractivity contribution in [3.05, 3.63) is 59.1 Å². The molecule has 0 fully saturated rings. The van der Waals surface area contributed by atoms with Crippen LogP contribution in [0.5, 0.6) is 0 Å². The summed E-state index contributed by atoms with van der Waals surface area (Å²) in [4.78, 5) is 18.4. The minimum Gasteiger partial charge on any atom is -0.335 e. The third-order valence-corrected chi connectivity index (χ3v) is 7.02. The molecular formula is C19H18N4O3S2. The van der Waals surface area contributed by atoms with E-state index in [1.807, 2.05) is 37.3 Å². The smallest absolute Gasteiger partial charge is 0.242 e. The first kappa shape index (κ1) is 19.9. The normalized spacial score (nSPS) is 12.5. The second-order valence-electron chi connectivity index (χ2n) is 6.13. The number of carbonyl (C=O) groups is 1. The molecule has 0 unspecified atom stereocenters. The number of rotatable bonds is 6. The van der Waals surface area contributed by atoms with Crippen LogP contribution >= 0.6 is 11.3 Å². The number of hydrogen-bond acceptors (Lipinski definition) is 6. The Labute approximate surface area is 167 Å². The van der Waals surface area contributed by atoms with Gasteiger partial charge in [0.1, 0.15) is 11.1 Å². The fraction of sp³-hybridized carbons (Fsp3) is 0.211. The number of para-hydroxylation sites is 1. The Hall–Kier alpha value is -2.80. The lowest BCUT2D eigenvalue weighted by molar-refractivity contribution is -0.130. The number of thiazole rings is 1. The van der Waals surface area contributed by atoms with E-state index < -0.39 is 22.5 Å². The molecule has 1 atom stereocenters. The number of hydrogen-bond donors (Lipinski definition) is 1. The average molecular weight is 415 g/mol. The Morgan fingerprint density at radius 2 is 1.93 bits per heavy atom. The van der Waals surface area contributed by atoms with Gasteiger partial charge in [-0.05, 0) is 31.2 Å². The summed E-state index contributed by atoms with van der Waals surface area (Å²) in [6.07, 6.45) is 0. The van der Waals surface area contributed by atoms with E-state index >= 15 is 0 Å². The minimum absolute atomic E-state index is 0.0265. The van der Waals surface area contributed by atoms with Crippen LogP contribution in [-0.4, -0.2) is 37.8 Å². The number of nitrogens with one attached hydrogen (secondary N) is 1. The summed E-state index contributed by atoms with van der Waals surface area (Å²) in [7, 11) is -2.37. The lowest BCUT2D eigenvalue weighted by atomic mass is 10.2. The van der Waals surface area contributed by atoms with Gasteiger partial charge in [0.2, 0.25) is 15.9 Å². The zero-order valence-electron chi connectivity index (χ0n) is 15.3. The first-order chi connectivity index (χ1) is 13.3. The topological polar surface area (TPSA) is 103 Å². The van der Waals surface area contributed by atoms with E-state index in [1.54, 1.807) is 13.1 Å². The molecule has 0 bridgehead atoms. The lowest BCUT2D eigenvalue weighted by Crippen LogP contribution is -2.39. The Balaban J connectivity index is 1.71. The molecule has 0 aliphatic carbocycles. The minimum atomic E-state index is -3.98. The number of nitriles is 1. The van der Waals surface area contributed by atoms with Crippen molar-refractivity contribution in [3.63, 3.8) is 0 Å². The van der Waals surface area contributed by atoms with Crippen LogP contribution in [0.25, 0.3) is 10.2 Å². The van der Waals surface area contributed by atoms with Gasteiger partial charge in [-0.15, -0.1) is 11.3 Å². The zero-order chi connectivity index (χ0) is 20.3.